The van der Waals surface area contributed by atoms with Gasteiger partial charge in [-0.05, 0) is 12.3 Å². The summed E-state index contributed by atoms with van der Waals surface area (Å²) in [6.07, 6.45) is 0.609. The van der Waals surface area contributed by atoms with E-state index in [0.29, 0.717) is 25.6 Å². The predicted molar refractivity (Wildman–Crippen MR) is 48.1 cm³/mol. The Balaban J connectivity index is 2.20. The van der Waals surface area contributed by atoms with E-state index < -0.39 is 6.04 Å². The molecule has 0 aromatic rings. The minimum absolute atomic E-state index is 0.0642. The number of hydrogen-bond acceptors (Lipinski definition) is 4. The smallest absolute Gasteiger partial charge is 0.323 e. The van der Waals surface area contributed by atoms with Crippen molar-refractivity contribution in [2.45, 2.75) is 32.4 Å². The van der Waals surface area contributed by atoms with E-state index in [9.17, 15) is 4.79 Å². The Morgan fingerprint density at radius 1 is 1.62 bits per heavy atom. The summed E-state index contributed by atoms with van der Waals surface area (Å²) < 4.78 is 9.94. The summed E-state index contributed by atoms with van der Waals surface area (Å²) in [5.41, 5.74) is 5.63. The fourth-order valence-corrected chi connectivity index (χ4v) is 1.14. The molecule has 2 N–H and O–H groups in total. The van der Waals surface area contributed by atoms with E-state index in [1.165, 1.54) is 0 Å². The van der Waals surface area contributed by atoms with E-state index in [1.54, 1.807) is 0 Å². The van der Waals surface area contributed by atoms with Crippen molar-refractivity contribution >= 4 is 5.97 Å². The van der Waals surface area contributed by atoms with Gasteiger partial charge in [-0.2, -0.15) is 0 Å². The number of carbonyl (C=O) groups is 1. The van der Waals surface area contributed by atoms with Crippen molar-refractivity contribution in [2.24, 2.45) is 11.7 Å². The van der Waals surface area contributed by atoms with Crippen LogP contribution in [0.3, 0.4) is 0 Å². The lowest BCUT2D eigenvalue weighted by molar-refractivity contribution is -0.173. The fraction of sp³-hybridized carbons (Fsp3) is 0.889. The zero-order valence-corrected chi connectivity index (χ0v) is 8.16. The first-order chi connectivity index (χ1) is 6.09. The Bertz CT molecular complexity index is 178. The monoisotopic (exact) mass is 187 g/mol. The van der Waals surface area contributed by atoms with Crippen LogP contribution < -0.4 is 5.73 Å². The molecule has 1 heterocycles. The maximum atomic E-state index is 11.3. The molecule has 0 aliphatic carbocycles. The zero-order valence-electron chi connectivity index (χ0n) is 8.16. The van der Waals surface area contributed by atoms with Gasteiger partial charge in [-0.25, -0.2) is 0 Å². The van der Waals surface area contributed by atoms with Crippen molar-refractivity contribution in [3.8, 4) is 0 Å². The Morgan fingerprint density at radius 2 is 2.23 bits per heavy atom. The summed E-state index contributed by atoms with van der Waals surface area (Å²) in [6, 6.07) is -0.486. The summed E-state index contributed by atoms with van der Waals surface area (Å²) in [7, 11) is 0. The molecule has 0 aromatic carbocycles. The lowest BCUT2D eigenvalue weighted by atomic mass is 10.0. The first-order valence-corrected chi connectivity index (χ1v) is 4.63. The van der Waals surface area contributed by atoms with Crippen LogP contribution in [-0.2, 0) is 14.3 Å². The van der Waals surface area contributed by atoms with Crippen LogP contribution in [0.4, 0.5) is 0 Å². The summed E-state index contributed by atoms with van der Waals surface area (Å²) in [5, 5.41) is 0. The Kier molecular flexibility index (Phi) is 3.69. The zero-order chi connectivity index (χ0) is 9.84. The van der Waals surface area contributed by atoms with Crippen molar-refractivity contribution in [2.75, 3.05) is 13.2 Å². The number of carbonyl (C=O) groups excluding carboxylic acids is 1. The van der Waals surface area contributed by atoms with Gasteiger partial charge in [0.2, 0.25) is 0 Å². The molecule has 76 valence electrons. The molecule has 1 aliphatic heterocycles. The Hall–Kier alpha value is -0.610. The number of ether oxygens (including phenoxy) is 2. The quantitative estimate of drug-likeness (QED) is 0.643. The molecular formula is C9H17NO3. The largest absolute Gasteiger partial charge is 0.456 e. The minimum Gasteiger partial charge on any atom is -0.456 e. The van der Waals surface area contributed by atoms with E-state index in [2.05, 4.69) is 0 Å². The molecule has 1 atom stereocenters. The average molecular weight is 187 g/mol. The number of rotatable bonds is 4. The van der Waals surface area contributed by atoms with Crippen LogP contribution in [0, 0.1) is 5.92 Å². The van der Waals surface area contributed by atoms with Gasteiger partial charge in [0, 0.05) is 0 Å². The first kappa shape index (κ1) is 10.5. The molecule has 4 heteroatoms. The maximum Gasteiger partial charge on any atom is 0.323 e. The van der Waals surface area contributed by atoms with Gasteiger partial charge in [0.25, 0.3) is 0 Å². The molecule has 1 rings (SSSR count). The van der Waals surface area contributed by atoms with E-state index in [-0.39, 0.29) is 12.1 Å². The summed E-state index contributed by atoms with van der Waals surface area (Å²) in [4.78, 5) is 11.3. The van der Waals surface area contributed by atoms with Gasteiger partial charge >= 0.3 is 5.97 Å². The fourth-order valence-electron chi connectivity index (χ4n) is 1.14. The second-order valence-electron chi connectivity index (χ2n) is 3.83. The topological polar surface area (TPSA) is 61.6 Å². The van der Waals surface area contributed by atoms with Gasteiger partial charge in [-0.15, -0.1) is 0 Å². The highest BCUT2D eigenvalue weighted by Crippen LogP contribution is 2.09. The molecule has 4 nitrogen and oxygen atoms in total. The molecule has 1 saturated heterocycles. The summed E-state index contributed by atoms with van der Waals surface area (Å²) >= 11 is 0. The van der Waals surface area contributed by atoms with Crippen molar-refractivity contribution in [1.29, 1.82) is 0 Å². The maximum absolute atomic E-state index is 11.3. The number of nitrogens with two attached hydrogens (primary N) is 1. The highest BCUT2D eigenvalue weighted by molar-refractivity contribution is 5.75. The van der Waals surface area contributed by atoms with Gasteiger partial charge in [-0.1, -0.05) is 13.8 Å². The van der Waals surface area contributed by atoms with Crippen LogP contribution in [0.5, 0.6) is 0 Å². The van der Waals surface area contributed by atoms with Gasteiger partial charge in [0.1, 0.15) is 12.1 Å². The SMILES string of the molecule is CC(C)C[C@@H](N)C(=O)OC1COC1. The molecule has 0 unspecified atom stereocenters. The molecule has 13 heavy (non-hydrogen) atoms. The summed E-state index contributed by atoms with van der Waals surface area (Å²) in [5.74, 6) is 0.113. The second kappa shape index (κ2) is 4.58. The van der Waals surface area contributed by atoms with Gasteiger partial charge in [0.15, 0.2) is 0 Å². The standard InChI is InChI=1S/C9H17NO3/c1-6(2)3-8(10)9(11)13-7-4-12-5-7/h6-8H,3-5,10H2,1-2H3/t8-/m1/s1. The molecule has 0 aromatic heterocycles. The second-order valence-corrected chi connectivity index (χ2v) is 3.83. The van der Waals surface area contributed by atoms with Crippen LogP contribution in [0.15, 0.2) is 0 Å². The van der Waals surface area contributed by atoms with Crippen molar-refractivity contribution in [1.82, 2.24) is 0 Å². The van der Waals surface area contributed by atoms with Crippen LogP contribution in [-0.4, -0.2) is 31.3 Å². The third kappa shape index (κ3) is 3.32. The molecule has 1 aliphatic rings. The van der Waals surface area contributed by atoms with Crippen LogP contribution in [0.25, 0.3) is 0 Å². The number of hydrogen-bond donors (Lipinski definition) is 1. The molecule has 0 bridgehead atoms. The van der Waals surface area contributed by atoms with Crippen LogP contribution in [0.1, 0.15) is 20.3 Å². The summed E-state index contributed by atoms with van der Waals surface area (Å²) in [6.45, 7) is 5.08. The van der Waals surface area contributed by atoms with Crippen molar-refractivity contribution in [3.05, 3.63) is 0 Å². The third-order valence-electron chi connectivity index (χ3n) is 1.92. The van der Waals surface area contributed by atoms with Gasteiger partial charge < -0.3 is 15.2 Å². The predicted octanol–water partition coefficient (Wildman–Crippen LogP) is 0.302. The van der Waals surface area contributed by atoms with E-state index in [1.807, 2.05) is 13.8 Å². The van der Waals surface area contributed by atoms with Gasteiger partial charge in [-0.3, -0.25) is 4.79 Å². The lowest BCUT2D eigenvalue weighted by Gasteiger charge is -2.27. The molecule has 1 fully saturated rings. The van der Waals surface area contributed by atoms with E-state index >= 15 is 0 Å². The Morgan fingerprint density at radius 3 is 2.62 bits per heavy atom. The molecule has 0 amide bonds. The highest BCUT2D eigenvalue weighted by atomic mass is 16.6. The highest BCUT2D eigenvalue weighted by Gasteiger charge is 2.25. The third-order valence-corrected chi connectivity index (χ3v) is 1.92. The molecule has 0 saturated carbocycles. The number of esters is 1. The molecule has 0 radical (unpaired) electrons. The average Bonchev–Trinajstić information content (AvgIpc) is 1.94. The normalized spacial score (nSPS) is 19.7. The van der Waals surface area contributed by atoms with E-state index in [4.69, 9.17) is 15.2 Å². The first-order valence-electron chi connectivity index (χ1n) is 4.63. The van der Waals surface area contributed by atoms with Gasteiger partial charge in [0.05, 0.1) is 13.2 Å². The van der Waals surface area contributed by atoms with Crippen LogP contribution in [0.2, 0.25) is 0 Å². The van der Waals surface area contributed by atoms with Crippen molar-refractivity contribution in [3.63, 3.8) is 0 Å². The van der Waals surface area contributed by atoms with Crippen molar-refractivity contribution < 1.29 is 14.3 Å². The minimum atomic E-state index is -0.486. The molecular weight excluding hydrogens is 170 g/mol. The lowest BCUT2D eigenvalue weighted by Crippen LogP contribution is -2.43. The van der Waals surface area contributed by atoms with Crippen LogP contribution >= 0.6 is 0 Å². The molecule has 0 spiro atoms. The van der Waals surface area contributed by atoms with E-state index in [0.717, 1.165) is 0 Å². The Labute approximate surface area is 78.4 Å².